The number of nitrogens with one attached hydrogen (secondary N) is 2. The molecular formula is C19H21N5. The predicted molar refractivity (Wildman–Crippen MR) is 98.1 cm³/mol. The van der Waals surface area contributed by atoms with Gasteiger partial charge in [-0.25, -0.2) is 0 Å². The fourth-order valence-corrected chi connectivity index (χ4v) is 2.50. The topological polar surface area (TPSA) is 62.7 Å². The van der Waals surface area contributed by atoms with E-state index in [-0.39, 0.29) is 0 Å². The van der Waals surface area contributed by atoms with Gasteiger partial charge in [0, 0.05) is 11.4 Å². The van der Waals surface area contributed by atoms with Crippen LogP contribution < -0.4 is 10.6 Å². The molecule has 0 spiro atoms. The molecule has 0 aliphatic heterocycles. The molecule has 0 saturated carbocycles. The molecule has 0 radical (unpaired) electrons. The molecule has 0 bridgehead atoms. The zero-order chi connectivity index (χ0) is 16.9. The Hall–Kier alpha value is -2.95. The molecule has 1 aromatic heterocycles. The van der Waals surface area contributed by atoms with Crippen LogP contribution in [-0.4, -0.2) is 15.2 Å². The van der Waals surface area contributed by atoms with Gasteiger partial charge in [0.2, 0.25) is 5.95 Å². The molecule has 2 aromatic carbocycles. The van der Waals surface area contributed by atoms with Crippen molar-refractivity contribution in [2.24, 2.45) is 0 Å². The van der Waals surface area contributed by atoms with Crippen LogP contribution in [0.15, 0.2) is 54.7 Å². The van der Waals surface area contributed by atoms with E-state index in [2.05, 4.69) is 58.7 Å². The maximum absolute atomic E-state index is 4.51. The molecule has 24 heavy (non-hydrogen) atoms. The van der Waals surface area contributed by atoms with Crippen molar-refractivity contribution in [1.29, 1.82) is 0 Å². The molecule has 1 heterocycles. The Morgan fingerprint density at radius 2 is 1.58 bits per heavy atom. The average molecular weight is 319 g/mol. The zero-order valence-corrected chi connectivity index (χ0v) is 14.1. The van der Waals surface area contributed by atoms with Gasteiger partial charge in [0.15, 0.2) is 5.82 Å². The Bertz CT molecular complexity index is 829. The molecule has 3 aromatic rings. The number of rotatable bonds is 5. The number of hydrogen-bond acceptors (Lipinski definition) is 5. The smallest absolute Gasteiger partial charge is 0.249 e. The lowest BCUT2D eigenvalue weighted by molar-refractivity contribution is 0.867. The molecule has 0 aliphatic carbocycles. The second-order valence-corrected chi connectivity index (χ2v) is 5.97. The van der Waals surface area contributed by atoms with Crippen LogP contribution in [0.25, 0.3) is 0 Å². The number of para-hydroxylation sites is 2. The SMILES string of the molecule is Cc1ccccc1Nc1cnnc(Nc2ccccc2C(C)C)n1. The summed E-state index contributed by atoms with van der Waals surface area (Å²) in [6, 6.07) is 16.2. The molecule has 2 N–H and O–H groups in total. The molecule has 0 amide bonds. The van der Waals surface area contributed by atoms with E-state index in [1.165, 1.54) is 5.56 Å². The first-order chi connectivity index (χ1) is 11.6. The summed E-state index contributed by atoms with van der Waals surface area (Å²) in [6.07, 6.45) is 1.62. The second-order valence-electron chi connectivity index (χ2n) is 5.97. The number of hydrogen-bond donors (Lipinski definition) is 2. The van der Waals surface area contributed by atoms with Crippen molar-refractivity contribution < 1.29 is 0 Å². The normalized spacial score (nSPS) is 10.7. The predicted octanol–water partition coefficient (Wildman–Crippen LogP) is 4.79. The van der Waals surface area contributed by atoms with Crippen molar-refractivity contribution in [2.75, 3.05) is 10.6 Å². The van der Waals surface area contributed by atoms with Crippen LogP contribution in [0.2, 0.25) is 0 Å². The number of aromatic nitrogens is 3. The second kappa shape index (κ2) is 7.08. The Balaban J connectivity index is 1.83. The highest BCUT2D eigenvalue weighted by atomic mass is 15.3. The van der Waals surface area contributed by atoms with Gasteiger partial charge in [0.25, 0.3) is 0 Å². The fourth-order valence-electron chi connectivity index (χ4n) is 2.50. The molecule has 5 heteroatoms. The van der Waals surface area contributed by atoms with Crippen LogP contribution in [0.4, 0.5) is 23.1 Å². The molecule has 3 rings (SSSR count). The minimum atomic E-state index is 0.412. The molecule has 0 aliphatic rings. The molecule has 122 valence electrons. The Labute approximate surface area is 142 Å². The van der Waals surface area contributed by atoms with Gasteiger partial charge in [-0.2, -0.15) is 10.1 Å². The van der Waals surface area contributed by atoms with Gasteiger partial charge < -0.3 is 10.6 Å². The van der Waals surface area contributed by atoms with Crippen molar-refractivity contribution in [1.82, 2.24) is 15.2 Å². The van der Waals surface area contributed by atoms with E-state index in [0.717, 1.165) is 16.9 Å². The van der Waals surface area contributed by atoms with Crippen LogP contribution in [-0.2, 0) is 0 Å². The molecule has 0 unspecified atom stereocenters. The summed E-state index contributed by atoms with van der Waals surface area (Å²) >= 11 is 0. The lowest BCUT2D eigenvalue weighted by Gasteiger charge is -2.14. The third-order valence-corrected chi connectivity index (χ3v) is 3.80. The Kier molecular flexibility index (Phi) is 4.70. The highest BCUT2D eigenvalue weighted by Gasteiger charge is 2.08. The maximum atomic E-state index is 4.51. The van der Waals surface area contributed by atoms with E-state index in [1.54, 1.807) is 6.20 Å². The monoisotopic (exact) mass is 319 g/mol. The minimum Gasteiger partial charge on any atom is -0.339 e. The molecule has 5 nitrogen and oxygen atoms in total. The number of anilines is 4. The van der Waals surface area contributed by atoms with Crippen molar-refractivity contribution in [2.45, 2.75) is 26.7 Å². The number of nitrogens with zero attached hydrogens (tertiary/aromatic N) is 3. The maximum Gasteiger partial charge on any atom is 0.249 e. The van der Waals surface area contributed by atoms with Gasteiger partial charge in [-0.1, -0.05) is 50.2 Å². The summed E-state index contributed by atoms with van der Waals surface area (Å²) in [5.74, 6) is 1.54. The minimum absolute atomic E-state index is 0.412. The molecule has 0 atom stereocenters. The highest BCUT2D eigenvalue weighted by Crippen LogP contribution is 2.26. The summed E-state index contributed by atoms with van der Waals surface area (Å²) in [5, 5.41) is 14.7. The summed E-state index contributed by atoms with van der Waals surface area (Å²) < 4.78 is 0. The number of benzene rings is 2. The van der Waals surface area contributed by atoms with E-state index < -0.39 is 0 Å². The Morgan fingerprint density at radius 1 is 0.875 bits per heavy atom. The quantitative estimate of drug-likeness (QED) is 0.708. The summed E-state index contributed by atoms with van der Waals surface area (Å²) in [6.45, 7) is 6.38. The van der Waals surface area contributed by atoms with Crippen LogP contribution in [0.1, 0.15) is 30.9 Å². The van der Waals surface area contributed by atoms with Crippen LogP contribution >= 0.6 is 0 Å². The van der Waals surface area contributed by atoms with E-state index in [1.807, 2.05) is 36.4 Å². The summed E-state index contributed by atoms with van der Waals surface area (Å²) in [4.78, 5) is 4.51. The first kappa shape index (κ1) is 15.9. The first-order valence-corrected chi connectivity index (χ1v) is 8.02. The summed E-state index contributed by atoms with van der Waals surface area (Å²) in [7, 11) is 0. The van der Waals surface area contributed by atoms with Crippen LogP contribution in [0.3, 0.4) is 0 Å². The average Bonchev–Trinajstić information content (AvgIpc) is 2.58. The first-order valence-electron chi connectivity index (χ1n) is 8.02. The van der Waals surface area contributed by atoms with Gasteiger partial charge in [-0.15, -0.1) is 5.10 Å². The molecule has 0 saturated heterocycles. The third kappa shape index (κ3) is 3.68. The zero-order valence-electron chi connectivity index (χ0n) is 14.1. The van der Waals surface area contributed by atoms with E-state index in [4.69, 9.17) is 0 Å². The van der Waals surface area contributed by atoms with Gasteiger partial charge in [0.1, 0.15) is 0 Å². The van der Waals surface area contributed by atoms with E-state index >= 15 is 0 Å². The lowest BCUT2D eigenvalue weighted by atomic mass is 10.0. The van der Waals surface area contributed by atoms with Crippen molar-refractivity contribution in [3.63, 3.8) is 0 Å². The van der Waals surface area contributed by atoms with Crippen molar-refractivity contribution in [3.8, 4) is 0 Å². The molecular weight excluding hydrogens is 298 g/mol. The van der Waals surface area contributed by atoms with E-state index in [9.17, 15) is 0 Å². The van der Waals surface area contributed by atoms with Crippen LogP contribution in [0.5, 0.6) is 0 Å². The highest BCUT2D eigenvalue weighted by molar-refractivity contribution is 5.63. The van der Waals surface area contributed by atoms with Crippen LogP contribution in [0, 0.1) is 6.92 Å². The fraction of sp³-hybridized carbons (Fsp3) is 0.211. The Morgan fingerprint density at radius 3 is 2.33 bits per heavy atom. The standard InChI is InChI=1S/C19H21N5/c1-13(2)15-9-5-7-11-17(15)22-19-23-18(12-20-24-19)21-16-10-6-4-8-14(16)3/h4-13H,1-3H3,(H2,21,22,23,24). The third-order valence-electron chi connectivity index (χ3n) is 3.80. The van der Waals surface area contributed by atoms with Gasteiger partial charge >= 0.3 is 0 Å². The van der Waals surface area contributed by atoms with E-state index in [0.29, 0.717) is 17.7 Å². The van der Waals surface area contributed by atoms with Gasteiger partial charge in [-0.3, -0.25) is 0 Å². The largest absolute Gasteiger partial charge is 0.339 e. The van der Waals surface area contributed by atoms with Crippen molar-refractivity contribution >= 4 is 23.1 Å². The summed E-state index contributed by atoms with van der Waals surface area (Å²) in [5.41, 5.74) is 4.38. The number of aryl methyl sites for hydroxylation is 1. The lowest BCUT2D eigenvalue weighted by Crippen LogP contribution is -2.04. The van der Waals surface area contributed by atoms with Gasteiger partial charge in [0.05, 0.1) is 6.20 Å². The van der Waals surface area contributed by atoms with Crippen molar-refractivity contribution in [3.05, 3.63) is 65.9 Å². The molecule has 0 fully saturated rings. The van der Waals surface area contributed by atoms with Gasteiger partial charge in [-0.05, 0) is 36.1 Å².